The molecule has 1 heterocycles. The Balaban J connectivity index is 2.09. The zero-order chi connectivity index (χ0) is 13.4. The summed E-state index contributed by atoms with van der Waals surface area (Å²) in [6.07, 6.45) is 0. The molecule has 19 heavy (non-hydrogen) atoms. The Bertz CT molecular complexity index is 748. The first kappa shape index (κ1) is 11.9. The molecular formula is C14H13ClN4. The number of rotatable bonds is 2. The van der Waals surface area contributed by atoms with Gasteiger partial charge >= 0.3 is 0 Å². The Kier molecular flexibility index (Phi) is 2.80. The summed E-state index contributed by atoms with van der Waals surface area (Å²) < 4.78 is 1.84. The van der Waals surface area contributed by atoms with E-state index in [9.17, 15) is 0 Å². The Labute approximate surface area is 115 Å². The third-order valence-electron chi connectivity index (χ3n) is 3.04. The minimum atomic E-state index is 0.449. The molecule has 5 heteroatoms. The van der Waals surface area contributed by atoms with Gasteiger partial charge in [-0.1, -0.05) is 29.8 Å². The molecule has 2 aromatic carbocycles. The second-order valence-corrected chi connectivity index (χ2v) is 4.83. The van der Waals surface area contributed by atoms with Gasteiger partial charge in [0.2, 0.25) is 0 Å². The number of anilines is 2. The van der Waals surface area contributed by atoms with Crippen LogP contribution in [-0.2, 0) is 6.54 Å². The van der Waals surface area contributed by atoms with Crippen molar-refractivity contribution in [2.45, 2.75) is 6.54 Å². The highest BCUT2D eigenvalue weighted by Gasteiger charge is 2.11. The number of hydrogen-bond acceptors (Lipinski definition) is 3. The molecule has 0 fully saturated rings. The number of nitrogens with two attached hydrogens (primary N) is 2. The van der Waals surface area contributed by atoms with Crippen molar-refractivity contribution >= 4 is 34.0 Å². The van der Waals surface area contributed by atoms with Crippen LogP contribution in [0.5, 0.6) is 0 Å². The molecule has 1 aromatic heterocycles. The zero-order valence-electron chi connectivity index (χ0n) is 10.2. The first-order valence-electron chi connectivity index (χ1n) is 5.90. The second-order valence-electron chi connectivity index (χ2n) is 4.42. The molecule has 96 valence electrons. The average Bonchev–Trinajstić information content (AvgIpc) is 2.68. The Morgan fingerprint density at radius 2 is 1.89 bits per heavy atom. The van der Waals surface area contributed by atoms with Crippen molar-refractivity contribution in [2.75, 3.05) is 11.5 Å². The summed E-state index contributed by atoms with van der Waals surface area (Å²) in [5, 5.41) is 5.76. The maximum atomic E-state index is 6.15. The lowest BCUT2D eigenvalue weighted by Gasteiger charge is -2.04. The minimum Gasteiger partial charge on any atom is -0.399 e. The summed E-state index contributed by atoms with van der Waals surface area (Å²) in [6, 6.07) is 13.4. The first-order valence-corrected chi connectivity index (χ1v) is 6.28. The van der Waals surface area contributed by atoms with Gasteiger partial charge < -0.3 is 11.5 Å². The number of nitrogens with zero attached hydrogens (tertiary/aromatic N) is 2. The number of aromatic nitrogens is 2. The average molecular weight is 273 g/mol. The fraction of sp³-hybridized carbons (Fsp3) is 0.0714. The highest BCUT2D eigenvalue weighted by Crippen LogP contribution is 2.28. The summed E-state index contributed by atoms with van der Waals surface area (Å²) in [7, 11) is 0. The standard InChI is InChI=1S/C14H13ClN4/c15-11-5-2-6-12-13(11)14(17)18-19(12)8-9-3-1-4-10(16)7-9/h1-7H,8,16H2,(H2,17,18). The molecule has 0 aliphatic rings. The smallest absolute Gasteiger partial charge is 0.154 e. The van der Waals surface area contributed by atoms with Crippen LogP contribution in [0, 0.1) is 0 Å². The molecule has 0 spiro atoms. The predicted molar refractivity (Wildman–Crippen MR) is 79.1 cm³/mol. The van der Waals surface area contributed by atoms with Crippen LogP contribution < -0.4 is 11.5 Å². The van der Waals surface area contributed by atoms with Gasteiger partial charge in [0.15, 0.2) is 5.82 Å². The van der Waals surface area contributed by atoms with E-state index in [4.69, 9.17) is 23.1 Å². The fourth-order valence-electron chi connectivity index (χ4n) is 2.20. The van der Waals surface area contributed by atoms with Crippen molar-refractivity contribution in [1.82, 2.24) is 9.78 Å². The minimum absolute atomic E-state index is 0.449. The Morgan fingerprint density at radius 1 is 1.11 bits per heavy atom. The van der Waals surface area contributed by atoms with E-state index in [0.717, 1.165) is 22.2 Å². The van der Waals surface area contributed by atoms with Crippen LogP contribution in [0.1, 0.15) is 5.56 Å². The van der Waals surface area contributed by atoms with Crippen LogP contribution in [0.15, 0.2) is 42.5 Å². The number of benzene rings is 2. The molecule has 0 amide bonds. The first-order chi connectivity index (χ1) is 9.15. The van der Waals surface area contributed by atoms with E-state index in [1.54, 1.807) is 0 Å². The molecular weight excluding hydrogens is 260 g/mol. The molecule has 0 unspecified atom stereocenters. The SMILES string of the molecule is Nc1cccc(Cn2nc(N)c3c(Cl)cccc32)c1. The van der Waals surface area contributed by atoms with Crippen LogP contribution in [0.3, 0.4) is 0 Å². The monoisotopic (exact) mass is 272 g/mol. The van der Waals surface area contributed by atoms with Crippen LogP contribution in [-0.4, -0.2) is 9.78 Å². The van der Waals surface area contributed by atoms with Crippen LogP contribution in [0.4, 0.5) is 11.5 Å². The largest absolute Gasteiger partial charge is 0.399 e. The summed E-state index contributed by atoms with van der Waals surface area (Å²) in [5.41, 5.74) is 14.4. The van der Waals surface area contributed by atoms with Crippen LogP contribution in [0.2, 0.25) is 5.02 Å². The Morgan fingerprint density at radius 3 is 2.68 bits per heavy atom. The number of hydrogen-bond donors (Lipinski definition) is 2. The number of halogens is 1. The predicted octanol–water partition coefficient (Wildman–Crippen LogP) is 2.90. The molecule has 0 saturated carbocycles. The lowest BCUT2D eigenvalue weighted by Crippen LogP contribution is -2.02. The highest BCUT2D eigenvalue weighted by atomic mass is 35.5. The topological polar surface area (TPSA) is 69.9 Å². The van der Waals surface area contributed by atoms with E-state index in [1.807, 2.05) is 47.1 Å². The lowest BCUT2D eigenvalue weighted by atomic mass is 10.2. The zero-order valence-corrected chi connectivity index (χ0v) is 10.9. The molecule has 3 rings (SSSR count). The van der Waals surface area contributed by atoms with Gasteiger partial charge in [-0.2, -0.15) is 5.10 Å². The van der Waals surface area contributed by atoms with E-state index in [1.165, 1.54) is 0 Å². The fourth-order valence-corrected chi connectivity index (χ4v) is 2.47. The van der Waals surface area contributed by atoms with E-state index < -0.39 is 0 Å². The van der Waals surface area contributed by atoms with E-state index in [-0.39, 0.29) is 0 Å². The molecule has 0 aliphatic heterocycles. The van der Waals surface area contributed by atoms with Gasteiger partial charge in [0.05, 0.1) is 22.5 Å². The van der Waals surface area contributed by atoms with Gasteiger partial charge in [0.25, 0.3) is 0 Å². The molecule has 0 bridgehead atoms. The normalized spacial score (nSPS) is 11.0. The summed E-state index contributed by atoms with van der Waals surface area (Å²) in [4.78, 5) is 0. The van der Waals surface area contributed by atoms with Crippen molar-refractivity contribution in [2.24, 2.45) is 0 Å². The van der Waals surface area contributed by atoms with Gasteiger partial charge in [-0.15, -0.1) is 0 Å². The second kappa shape index (κ2) is 4.48. The van der Waals surface area contributed by atoms with Gasteiger partial charge in [-0.3, -0.25) is 4.68 Å². The van der Waals surface area contributed by atoms with E-state index in [2.05, 4.69) is 5.10 Å². The van der Waals surface area contributed by atoms with Gasteiger partial charge in [-0.25, -0.2) is 0 Å². The summed E-state index contributed by atoms with van der Waals surface area (Å²) >= 11 is 6.15. The molecule has 0 radical (unpaired) electrons. The summed E-state index contributed by atoms with van der Waals surface area (Å²) in [5.74, 6) is 0.449. The molecule has 0 saturated heterocycles. The maximum absolute atomic E-state index is 6.15. The summed E-state index contributed by atoms with van der Waals surface area (Å²) in [6.45, 7) is 0.610. The molecule has 0 atom stereocenters. The Hall–Kier alpha value is -2.20. The maximum Gasteiger partial charge on any atom is 0.154 e. The van der Waals surface area contributed by atoms with E-state index in [0.29, 0.717) is 17.4 Å². The molecule has 4 nitrogen and oxygen atoms in total. The van der Waals surface area contributed by atoms with Crippen molar-refractivity contribution in [3.63, 3.8) is 0 Å². The molecule has 4 N–H and O–H groups in total. The van der Waals surface area contributed by atoms with E-state index >= 15 is 0 Å². The third-order valence-corrected chi connectivity index (χ3v) is 3.35. The quantitative estimate of drug-likeness (QED) is 0.705. The van der Waals surface area contributed by atoms with Crippen molar-refractivity contribution in [3.05, 3.63) is 53.1 Å². The van der Waals surface area contributed by atoms with Gasteiger partial charge in [0.1, 0.15) is 0 Å². The van der Waals surface area contributed by atoms with Crippen LogP contribution in [0.25, 0.3) is 10.9 Å². The number of fused-ring (bicyclic) bond motifs is 1. The number of nitrogen functional groups attached to an aromatic ring is 2. The van der Waals surface area contributed by atoms with Crippen LogP contribution >= 0.6 is 11.6 Å². The van der Waals surface area contributed by atoms with Crippen molar-refractivity contribution in [3.8, 4) is 0 Å². The molecule has 0 aliphatic carbocycles. The third kappa shape index (κ3) is 2.11. The van der Waals surface area contributed by atoms with Gasteiger partial charge in [-0.05, 0) is 29.8 Å². The van der Waals surface area contributed by atoms with Crippen molar-refractivity contribution in [1.29, 1.82) is 0 Å². The lowest BCUT2D eigenvalue weighted by molar-refractivity contribution is 0.716. The van der Waals surface area contributed by atoms with Gasteiger partial charge in [0, 0.05) is 5.69 Å². The highest BCUT2D eigenvalue weighted by molar-refractivity contribution is 6.36. The van der Waals surface area contributed by atoms with Crippen molar-refractivity contribution < 1.29 is 0 Å². The molecule has 3 aromatic rings.